The summed E-state index contributed by atoms with van der Waals surface area (Å²) in [6, 6.07) is 7.39. The molecule has 2 aliphatic rings. The second-order valence-electron chi connectivity index (χ2n) is 6.71. The lowest BCUT2D eigenvalue weighted by molar-refractivity contribution is -0.137. The molecule has 9 nitrogen and oxygen atoms in total. The fraction of sp³-hybridized carbons (Fsp3) is 0.421. The lowest BCUT2D eigenvalue weighted by Gasteiger charge is -2.41. The fourth-order valence-corrected chi connectivity index (χ4v) is 3.54. The summed E-state index contributed by atoms with van der Waals surface area (Å²) in [6.07, 6.45) is 2.43. The molecule has 3 heterocycles. The molecule has 9 heteroatoms. The molecule has 1 amide bonds. The Kier molecular flexibility index (Phi) is 5.16. The van der Waals surface area contributed by atoms with E-state index in [1.165, 1.54) is 6.33 Å². The van der Waals surface area contributed by atoms with Crippen LogP contribution in [0.5, 0.6) is 11.5 Å². The van der Waals surface area contributed by atoms with Crippen LogP contribution in [0.2, 0.25) is 0 Å². The van der Waals surface area contributed by atoms with E-state index in [9.17, 15) is 4.79 Å². The number of anilines is 3. The Morgan fingerprint density at radius 2 is 2.14 bits per heavy atom. The molecule has 2 fully saturated rings. The first kappa shape index (κ1) is 18.3. The second kappa shape index (κ2) is 7.89. The number of piperidine rings is 1. The van der Waals surface area contributed by atoms with Crippen molar-refractivity contribution in [3.8, 4) is 11.5 Å². The predicted molar refractivity (Wildman–Crippen MR) is 103 cm³/mol. The summed E-state index contributed by atoms with van der Waals surface area (Å²) in [5.41, 5.74) is 0.777. The molecule has 2 aromatic rings. The van der Waals surface area contributed by atoms with Crippen molar-refractivity contribution in [2.45, 2.75) is 18.6 Å². The summed E-state index contributed by atoms with van der Waals surface area (Å²) in [6.45, 7) is 1.60. The Morgan fingerprint density at radius 1 is 1.25 bits per heavy atom. The van der Waals surface area contributed by atoms with Crippen LogP contribution in [-0.4, -0.2) is 61.9 Å². The number of hydrogen-bond acceptors (Lipinski definition) is 8. The van der Waals surface area contributed by atoms with Crippen LogP contribution in [0.4, 0.5) is 17.3 Å². The highest BCUT2D eigenvalue weighted by atomic mass is 16.5. The molecule has 0 saturated carbocycles. The summed E-state index contributed by atoms with van der Waals surface area (Å²) in [5.74, 6) is 2.75. The van der Waals surface area contributed by atoms with Gasteiger partial charge < -0.3 is 29.7 Å². The van der Waals surface area contributed by atoms with Crippen LogP contribution in [0.3, 0.4) is 0 Å². The molecule has 1 aromatic carbocycles. The van der Waals surface area contributed by atoms with E-state index in [0.717, 1.165) is 24.5 Å². The minimum atomic E-state index is -0.0697. The summed E-state index contributed by atoms with van der Waals surface area (Å²) in [4.78, 5) is 22.5. The minimum Gasteiger partial charge on any atom is -0.497 e. The third-order valence-electron chi connectivity index (χ3n) is 4.97. The smallest absolute Gasteiger partial charge is 0.246 e. The van der Waals surface area contributed by atoms with E-state index in [2.05, 4.69) is 25.5 Å². The van der Waals surface area contributed by atoms with Gasteiger partial charge in [0.15, 0.2) is 0 Å². The number of nitrogens with one attached hydrogen (secondary N) is 2. The van der Waals surface area contributed by atoms with Gasteiger partial charge in [0.05, 0.1) is 32.1 Å². The van der Waals surface area contributed by atoms with Crippen LogP contribution in [-0.2, 0) is 9.53 Å². The number of carbonyl (C=O) groups is 1. The zero-order chi connectivity index (χ0) is 19.5. The summed E-state index contributed by atoms with van der Waals surface area (Å²) < 4.78 is 16.3. The van der Waals surface area contributed by atoms with Gasteiger partial charge in [-0.2, -0.15) is 0 Å². The van der Waals surface area contributed by atoms with Crippen molar-refractivity contribution in [2.75, 3.05) is 44.1 Å². The first-order valence-corrected chi connectivity index (χ1v) is 9.13. The highest BCUT2D eigenvalue weighted by molar-refractivity contribution is 5.78. The molecular weight excluding hydrogens is 362 g/mol. The predicted octanol–water partition coefficient (Wildman–Crippen LogP) is 1.33. The molecule has 0 bridgehead atoms. The van der Waals surface area contributed by atoms with E-state index in [0.29, 0.717) is 23.9 Å². The minimum absolute atomic E-state index is 0.0249. The third-order valence-corrected chi connectivity index (χ3v) is 4.97. The van der Waals surface area contributed by atoms with Crippen molar-refractivity contribution < 1.29 is 19.0 Å². The average molecular weight is 385 g/mol. The lowest BCUT2D eigenvalue weighted by Crippen LogP contribution is -2.60. The van der Waals surface area contributed by atoms with Crippen LogP contribution in [0.15, 0.2) is 30.6 Å². The summed E-state index contributed by atoms with van der Waals surface area (Å²) in [7, 11) is 3.22. The zero-order valence-corrected chi connectivity index (χ0v) is 15.8. The van der Waals surface area contributed by atoms with Crippen LogP contribution >= 0.6 is 0 Å². The Morgan fingerprint density at radius 3 is 2.96 bits per heavy atom. The van der Waals surface area contributed by atoms with Crippen molar-refractivity contribution in [3.63, 3.8) is 0 Å². The van der Waals surface area contributed by atoms with Gasteiger partial charge in [0.25, 0.3) is 0 Å². The summed E-state index contributed by atoms with van der Waals surface area (Å²) in [5, 5.41) is 6.27. The Hall–Kier alpha value is -3.07. The van der Waals surface area contributed by atoms with Crippen molar-refractivity contribution in [3.05, 3.63) is 30.6 Å². The maximum Gasteiger partial charge on any atom is 0.246 e. The molecule has 2 unspecified atom stereocenters. The van der Waals surface area contributed by atoms with Gasteiger partial charge in [-0.3, -0.25) is 4.79 Å². The molecule has 0 radical (unpaired) electrons. The molecule has 2 aliphatic heterocycles. The number of ether oxygens (including phenoxy) is 3. The van der Waals surface area contributed by atoms with Gasteiger partial charge in [-0.05, 0) is 18.6 Å². The van der Waals surface area contributed by atoms with Gasteiger partial charge in [-0.15, -0.1) is 0 Å². The van der Waals surface area contributed by atoms with Crippen LogP contribution < -0.4 is 25.0 Å². The number of carbonyl (C=O) groups excluding carboxylic acids is 1. The Labute approximate surface area is 163 Å². The fourth-order valence-electron chi connectivity index (χ4n) is 3.54. The first-order valence-electron chi connectivity index (χ1n) is 9.13. The number of fused-ring (bicyclic) bond motifs is 1. The largest absolute Gasteiger partial charge is 0.497 e. The number of methoxy groups -OCH3 is 2. The number of aromatic nitrogens is 2. The van der Waals surface area contributed by atoms with Crippen LogP contribution in [0, 0.1) is 0 Å². The SMILES string of the molecule is COc1ccc(Nc2cc(N3CCC4OCC(=O)NC4C3)ncn2)c(OC)c1. The number of amides is 1. The van der Waals surface area contributed by atoms with Crippen LogP contribution in [0.25, 0.3) is 0 Å². The number of benzene rings is 1. The Balaban J connectivity index is 1.50. The topological polar surface area (TPSA) is 97.8 Å². The number of hydrogen-bond donors (Lipinski definition) is 2. The molecule has 1 aromatic heterocycles. The van der Waals surface area contributed by atoms with Crippen molar-refractivity contribution in [2.24, 2.45) is 0 Å². The van der Waals surface area contributed by atoms with E-state index in [1.54, 1.807) is 20.3 Å². The molecular formula is C19H23N5O4. The van der Waals surface area contributed by atoms with E-state index in [-0.39, 0.29) is 24.7 Å². The lowest BCUT2D eigenvalue weighted by atomic mass is 10.0. The first-order chi connectivity index (χ1) is 13.7. The number of morpholine rings is 1. The van der Waals surface area contributed by atoms with E-state index in [4.69, 9.17) is 14.2 Å². The quantitative estimate of drug-likeness (QED) is 0.796. The van der Waals surface area contributed by atoms with Gasteiger partial charge in [0, 0.05) is 25.2 Å². The molecule has 148 valence electrons. The third kappa shape index (κ3) is 3.79. The maximum absolute atomic E-state index is 11.6. The van der Waals surface area contributed by atoms with E-state index >= 15 is 0 Å². The monoisotopic (exact) mass is 385 g/mol. The molecule has 4 rings (SSSR count). The van der Waals surface area contributed by atoms with Gasteiger partial charge in [-0.1, -0.05) is 0 Å². The highest BCUT2D eigenvalue weighted by Crippen LogP contribution is 2.31. The maximum atomic E-state index is 11.6. The van der Waals surface area contributed by atoms with Crippen molar-refractivity contribution in [1.82, 2.24) is 15.3 Å². The normalized spacial score (nSPS) is 21.5. The van der Waals surface area contributed by atoms with E-state index < -0.39 is 0 Å². The molecule has 0 aliphatic carbocycles. The molecule has 2 atom stereocenters. The average Bonchev–Trinajstić information content (AvgIpc) is 2.73. The zero-order valence-electron chi connectivity index (χ0n) is 15.8. The number of nitrogens with zero attached hydrogens (tertiary/aromatic N) is 3. The second-order valence-corrected chi connectivity index (χ2v) is 6.71. The van der Waals surface area contributed by atoms with Gasteiger partial charge in [-0.25, -0.2) is 9.97 Å². The highest BCUT2D eigenvalue weighted by Gasteiger charge is 2.35. The molecule has 2 saturated heterocycles. The molecule has 2 N–H and O–H groups in total. The van der Waals surface area contributed by atoms with Gasteiger partial charge in [0.1, 0.15) is 36.1 Å². The van der Waals surface area contributed by atoms with E-state index in [1.807, 2.05) is 18.2 Å². The molecule has 28 heavy (non-hydrogen) atoms. The van der Waals surface area contributed by atoms with Gasteiger partial charge in [0.2, 0.25) is 5.91 Å². The molecule has 0 spiro atoms. The van der Waals surface area contributed by atoms with Crippen LogP contribution in [0.1, 0.15) is 6.42 Å². The summed E-state index contributed by atoms with van der Waals surface area (Å²) >= 11 is 0. The van der Waals surface area contributed by atoms with Gasteiger partial charge >= 0.3 is 0 Å². The number of rotatable bonds is 5. The standard InChI is InChI=1S/C19H23N5O4/c1-26-12-3-4-13(16(7-12)27-2)22-17-8-18(21-11-20-17)24-6-5-15-14(9-24)23-19(25)10-28-15/h3-4,7-8,11,14-15H,5-6,9-10H2,1-2H3,(H,23,25)(H,20,21,22). The van der Waals surface area contributed by atoms with Crippen molar-refractivity contribution >= 4 is 23.2 Å². The van der Waals surface area contributed by atoms with Crippen molar-refractivity contribution in [1.29, 1.82) is 0 Å². The Bertz CT molecular complexity index is 862.